The fourth-order valence-electron chi connectivity index (χ4n) is 0.175. The molecule has 0 aliphatic rings. The number of hydrogen-bond donors (Lipinski definition) is 1. The molecule has 5 heteroatoms. The summed E-state index contributed by atoms with van der Waals surface area (Å²) < 4.78 is 18.5. The summed E-state index contributed by atoms with van der Waals surface area (Å²) in [5, 5.41) is 7.90. The molecular weight excluding hydrogens is 146 g/mol. The minimum Gasteiger partial charge on any atom is -0.306 e. The monoisotopic (exact) mass is 151 g/mol. The highest BCUT2D eigenvalue weighted by molar-refractivity contribution is 8.29. The van der Waals surface area contributed by atoms with Gasteiger partial charge in [0.2, 0.25) is 0 Å². The van der Waals surface area contributed by atoms with Crippen molar-refractivity contribution < 1.29 is 8.76 Å². The Morgan fingerprint density at radius 3 is 2.50 bits per heavy atom. The molecule has 1 N–H and O–H groups in total. The zero-order valence-electron chi connectivity index (χ0n) is 4.03. The van der Waals surface area contributed by atoms with E-state index in [2.05, 4.69) is 11.2 Å². The van der Waals surface area contributed by atoms with E-state index in [0.29, 0.717) is 0 Å². The first kappa shape index (κ1) is 7.82. The van der Waals surface area contributed by atoms with Gasteiger partial charge in [-0.25, -0.2) is 4.21 Å². The van der Waals surface area contributed by atoms with Gasteiger partial charge in [0.15, 0.2) is 0 Å². The van der Waals surface area contributed by atoms with Crippen LogP contribution in [0.2, 0.25) is 0 Å². The standard InChI is InChI=1S/C3H5NO2S2/c4-2-1-3-8(5,6)7/h1,3H2,(H,5,6,7). The molecule has 0 amide bonds. The van der Waals surface area contributed by atoms with Gasteiger partial charge in [-0.2, -0.15) is 5.26 Å². The molecule has 8 heavy (non-hydrogen) atoms. The van der Waals surface area contributed by atoms with E-state index >= 15 is 0 Å². The van der Waals surface area contributed by atoms with E-state index in [1.807, 2.05) is 0 Å². The lowest BCUT2D eigenvalue weighted by Crippen LogP contribution is -2.00. The molecule has 0 saturated heterocycles. The van der Waals surface area contributed by atoms with E-state index in [1.54, 1.807) is 6.07 Å². The molecule has 0 aromatic rings. The smallest absolute Gasteiger partial charge is 0.142 e. The van der Waals surface area contributed by atoms with E-state index in [9.17, 15) is 4.21 Å². The summed E-state index contributed by atoms with van der Waals surface area (Å²) in [4.78, 5) is 0. The van der Waals surface area contributed by atoms with Crippen molar-refractivity contribution in [1.82, 2.24) is 0 Å². The third-order valence-electron chi connectivity index (χ3n) is 0.472. The predicted octanol–water partition coefficient (Wildman–Crippen LogP) is 0.119. The molecule has 0 aromatic carbocycles. The van der Waals surface area contributed by atoms with Crippen molar-refractivity contribution in [3.05, 3.63) is 0 Å². The molecule has 0 aliphatic carbocycles. The minimum absolute atomic E-state index is 0.0544. The number of hydrogen-bond acceptors (Lipinski definition) is 3. The van der Waals surface area contributed by atoms with Gasteiger partial charge in [-0.15, -0.1) is 0 Å². The summed E-state index contributed by atoms with van der Waals surface area (Å²) in [5.74, 6) is -0.0984. The van der Waals surface area contributed by atoms with Gasteiger partial charge in [-0.05, 0) is 0 Å². The first-order chi connectivity index (χ1) is 3.56. The first-order valence-corrected chi connectivity index (χ1v) is 4.49. The van der Waals surface area contributed by atoms with Crippen molar-refractivity contribution in [2.24, 2.45) is 0 Å². The van der Waals surface area contributed by atoms with Crippen LogP contribution in [-0.2, 0) is 20.0 Å². The Morgan fingerprint density at radius 1 is 1.88 bits per heavy atom. The van der Waals surface area contributed by atoms with Crippen LogP contribution in [0.5, 0.6) is 0 Å². The molecule has 0 saturated carbocycles. The Bertz CT molecular complexity index is 188. The van der Waals surface area contributed by atoms with Gasteiger partial charge in [-0.3, -0.25) is 0 Å². The van der Waals surface area contributed by atoms with E-state index in [-0.39, 0.29) is 12.2 Å². The van der Waals surface area contributed by atoms with Gasteiger partial charge in [0.25, 0.3) is 0 Å². The Hall–Kier alpha value is -0.180. The Morgan fingerprint density at radius 2 is 2.38 bits per heavy atom. The van der Waals surface area contributed by atoms with Crippen molar-refractivity contribution in [3.8, 4) is 6.07 Å². The van der Waals surface area contributed by atoms with Crippen molar-refractivity contribution in [1.29, 1.82) is 5.26 Å². The molecule has 0 radical (unpaired) electrons. The second-order valence-electron chi connectivity index (χ2n) is 1.19. The maximum Gasteiger partial charge on any atom is 0.142 e. The van der Waals surface area contributed by atoms with E-state index in [0.717, 1.165) is 0 Å². The zero-order valence-corrected chi connectivity index (χ0v) is 5.67. The number of nitriles is 1. The molecule has 3 nitrogen and oxygen atoms in total. The Balaban J connectivity index is 3.63. The summed E-state index contributed by atoms with van der Waals surface area (Å²) in [6, 6.07) is 1.72. The van der Waals surface area contributed by atoms with Crippen molar-refractivity contribution >= 4 is 20.0 Å². The lowest BCUT2D eigenvalue weighted by atomic mass is 10.6. The van der Waals surface area contributed by atoms with Crippen LogP contribution in [-0.4, -0.2) is 14.5 Å². The van der Waals surface area contributed by atoms with Crippen LogP contribution in [0.15, 0.2) is 0 Å². The molecule has 1 unspecified atom stereocenters. The maximum absolute atomic E-state index is 10.2. The normalized spacial score (nSPS) is 16.5. The number of nitrogens with zero attached hydrogens (tertiary/aromatic N) is 1. The van der Waals surface area contributed by atoms with Crippen LogP contribution in [0.25, 0.3) is 0 Å². The molecule has 0 spiro atoms. The van der Waals surface area contributed by atoms with Crippen LogP contribution < -0.4 is 0 Å². The van der Waals surface area contributed by atoms with Gasteiger partial charge in [0.1, 0.15) is 8.77 Å². The summed E-state index contributed by atoms with van der Waals surface area (Å²) >= 11 is 4.08. The fourth-order valence-corrected chi connectivity index (χ4v) is 0.774. The average molecular weight is 151 g/mol. The lowest BCUT2D eigenvalue weighted by Gasteiger charge is -1.88. The molecule has 1 atom stereocenters. The highest BCUT2D eigenvalue weighted by atomic mass is 32.8. The van der Waals surface area contributed by atoms with Crippen LogP contribution in [0.3, 0.4) is 0 Å². The highest BCUT2D eigenvalue weighted by Gasteiger charge is 1.96. The molecule has 0 aromatic heterocycles. The van der Waals surface area contributed by atoms with Crippen LogP contribution in [0, 0.1) is 11.3 Å². The van der Waals surface area contributed by atoms with Crippen molar-refractivity contribution in [3.63, 3.8) is 0 Å². The van der Waals surface area contributed by atoms with Gasteiger partial charge < -0.3 is 4.55 Å². The quantitative estimate of drug-likeness (QED) is 0.609. The molecule has 0 rings (SSSR count). The molecule has 0 bridgehead atoms. The van der Waals surface area contributed by atoms with Crippen LogP contribution in [0.1, 0.15) is 6.42 Å². The summed E-state index contributed by atoms with van der Waals surface area (Å²) in [7, 11) is -3.08. The Kier molecular flexibility index (Phi) is 2.90. The second kappa shape index (κ2) is 2.97. The predicted molar refractivity (Wildman–Crippen MR) is 33.2 cm³/mol. The van der Waals surface area contributed by atoms with Gasteiger partial charge >= 0.3 is 0 Å². The zero-order chi connectivity index (χ0) is 6.62. The molecule has 0 aliphatic heterocycles. The minimum atomic E-state index is -3.08. The van der Waals surface area contributed by atoms with E-state index in [4.69, 9.17) is 9.81 Å². The first-order valence-electron chi connectivity index (χ1n) is 1.88. The summed E-state index contributed by atoms with van der Waals surface area (Å²) in [6.07, 6.45) is 0.0544. The molecule has 0 fully saturated rings. The maximum atomic E-state index is 10.2. The van der Waals surface area contributed by atoms with E-state index < -0.39 is 8.77 Å². The van der Waals surface area contributed by atoms with Crippen LogP contribution >= 0.6 is 0 Å². The third kappa shape index (κ3) is 5.82. The van der Waals surface area contributed by atoms with E-state index in [1.165, 1.54) is 0 Å². The lowest BCUT2D eigenvalue weighted by molar-refractivity contribution is 0.561. The van der Waals surface area contributed by atoms with Crippen LogP contribution in [0.4, 0.5) is 0 Å². The summed E-state index contributed by atoms with van der Waals surface area (Å²) in [5.41, 5.74) is 0. The topological polar surface area (TPSA) is 61.1 Å². The summed E-state index contributed by atoms with van der Waals surface area (Å²) in [6.45, 7) is 0. The molecule has 46 valence electrons. The fraction of sp³-hybridized carbons (Fsp3) is 0.667. The Labute approximate surface area is 52.8 Å². The number of rotatable bonds is 2. The van der Waals surface area contributed by atoms with Crippen molar-refractivity contribution in [2.45, 2.75) is 6.42 Å². The van der Waals surface area contributed by atoms with Gasteiger partial charge in [0, 0.05) is 17.6 Å². The molecule has 0 heterocycles. The van der Waals surface area contributed by atoms with Crippen molar-refractivity contribution in [2.75, 3.05) is 5.75 Å². The van der Waals surface area contributed by atoms with Gasteiger partial charge in [-0.1, -0.05) is 0 Å². The average Bonchev–Trinajstić information content (AvgIpc) is 1.59. The highest BCUT2D eigenvalue weighted by Crippen LogP contribution is 1.85. The largest absolute Gasteiger partial charge is 0.306 e. The second-order valence-corrected chi connectivity index (χ2v) is 4.33. The SMILES string of the molecule is N#CCCS(=O)(O)=S. The van der Waals surface area contributed by atoms with Gasteiger partial charge in [0.05, 0.1) is 11.8 Å². The third-order valence-corrected chi connectivity index (χ3v) is 1.69. The molecular formula is C3H5NO2S2.